The van der Waals surface area contributed by atoms with Gasteiger partial charge >= 0.3 is 0 Å². The Labute approximate surface area is 88.5 Å². The number of nitrogens with one attached hydrogen (secondary N) is 1. The van der Waals surface area contributed by atoms with Crippen molar-refractivity contribution in [2.75, 3.05) is 13.1 Å². The number of nitro benzene ring substituents is 1. The summed E-state index contributed by atoms with van der Waals surface area (Å²) in [6.07, 6.45) is 1.07. The number of nitrogens with zero attached hydrogens (tertiary/aromatic N) is 1. The largest absolute Gasteiger partial charge is 0.316 e. The van der Waals surface area contributed by atoms with E-state index in [-0.39, 0.29) is 10.6 Å². The van der Waals surface area contributed by atoms with Gasteiger partial charge in [0.2, 0.25) is 0 Å². The molecule has 1 aliphatic heterocycles. The summed E-state index contributed by atoms with van der Waals surface area (Å²) >= 11 is 0. The average Bonchev–Trinajstić information content (AvgIpc) is 2.71. The lowest BCUT2D eigenvalue weighted by molar-refractivity contribution is -0.384. The van der Waals surface area contributed by atoms with Crippen LogP contribution in [0.2, 0.25) is 0 Å². The van der Waals surface area contributed by atoms with Crippen molar-refractivity contribution in [2.45, 2.75) is 19.3 Å². The second-order valence-electron chi connectivity index (χ2n) is 3.99. The normalized spacial score (nSPS) is 20.5. The van der Waals surface area contributed by atoms with Crippen LogP contribution in [0.1, 0.15) is 23.5 Å². The second-order valence-corrected chi connectivity index (χ2v) is 3.99. The number of benzene rings is 1. The molecule has 0 aromatic heterocycles. The lowest BCUT2D eigenvalue weighted by Gasteiger charge is -2.11. The van der Waals surface area contributed by atoms with Gasteiger partial charge in [-0.1, -0.05) is 6.07 Å². The Balaban J connectivity index is 2.35. The van der Waals surface area contributed by atoms with E-state index in [1.165, 1.54) is 0 Å². The lowest BCUT2D eigenvalue weighted by Crippen LogP contribution is -2.09. The zero-order valence-electron chi connectivity index (χ0n) is 8.69. The minimum Gasteiger partial charge on any atom is -0.316 e. The molecule has 1 fully saturated rings. The van der Waals surface area contributed by atoms with E-state index in [0.29, 0.717) is 5.92 Å². The Bertz CT molecular complexity index is 384. The fourth-order valence-electron chi connectivity index (χ4n) is 2.10. The Morgan fingerprint density at radius 1 is 1.53 bits per heavy atom. The molecule has 1 aromatic rings. The van der Waals surface area contributed by atoms with Gasteiger partial charge in [-0.3, -0.25) is 10.1 Å². The molecule has 1 heterocycles. The number of hydrogen-bond donors (Lipinski definition) is 1. The van der Waals surface area contributed by atoms with Crippen LogP contribution in [0.5, 0.6) is 0 Å². The van der Waals surface area contributed by atoms with E-state index in [1.54, 1.807) is 12.1 Å². The summed E-state index contributed by atoms with van der Waals surface area (Å²) in [5.41, 5.74) is 2.46. The highest BCUT2D eigenvalue weighted by Gasteiger charge is 2.20. The van der Waals surface area contributed by atoms with E-state index < -0.39 is 0 Å². The van der Waals surface area contributed by atoms with Crippen LogP contribution in [-0.2, 0) is 0 Å². The quantitative estimate of drug-likeness (QED) is 0.594. The summed E-state index contributed by atoms with van der Waals surface area (Å²) in [7, 11) is 0. The third-order valence-corrected chi connectivity index (χ3v) is 2.97. The molecule has 0 aliphatic carbocycles. The molecular weight excluding hydrogens is 192 g/mol. The van der Waals surface area contributed by atoms with Crippen LogP contribution in [0.25, 0.3) is 0 Å². The second kappa shape index (κ2) is 3.98. The highest BCUT2D eigenvalue weighted by atomic mass is 16.6. The number of hydrogen-bond acceptors (Lipinski definition) is 3. The van der Waals surface area contributed by atoms with Gasteiger partial charge in [0.15, 0.2) is 0 Å². The number of nitro groups is 1. The van der Waals surface area contributed by atoms with Crippen LogP contribution in [0, 0.1) is 17.0 Å². The molecule has 0 saturated carbocycles. The first-order valence-electron chi connectivity index (χ1n) is 5.14. The highest BCUT2D eigenvalue weighted by molar-refractivity contribution is 5.41. The first kappa shape index (κ1) is 10.1. The Kier molecular flexibility index (Phi) is 2.68. The first-order valence-corrected chi connectivity index (χ1v) is 5.14. The fourth-order valence-corrected chi connectivity index (χ4v) is 2.10. The Morgan fingerprint density at radius 3 is 2.93 bits per heavy atom. The molecule has 0 bridgehead atoms. The lowest BCUT2D eigenvalue weighted by atomic mass is 9.94. The summed E-state index contributed by atoms with van der Waals surface area (Å²) in [5.74, 6) is 0.435. The minimum absolute atomic E-state index is 0.197. The molecule has 4 nitrogen and oxygen atoms in total. The van der Waals surface area contributed by atoms with Crippen LogP contribution < -0.4 is 5.32 Å². The minimum atomic E-state index is -0.328. The predicted octanol–water partition coefficient (Wildman–Crippen LogP) is 1.98. The van der Waals surface area contributed by atoms with Crippen LogP contribution in [0.3, 0.4) is 0 Å². The fraction of sp³-hybridized carbons (Fsp3) is 0.455. The summed E-state index contributed by atoms with van der Waals surface area (Å²) in [5, 5.41) is 13.9. The molecule has 0 spiro atoms. The van der Waals surface area contributed by atoms with E-state index in [4.69, 9.17) is 0 Å². The summed E-state index contributed by atoms with van der Waals surface area (Å²) in [6, 6.07) is 5.12. The van der Waals surface area contributed by atoms with Crippen molar-refractivity contribution in [1.82, 2.24) is 5.32 Å². The van der Waals surface area contributed by atoms with Crippen molar-refractivity contribution in [2.24, 2.45) is 0 Å². The smallest absolute Gasteiger partial charge is 0.269 e. The van der Waals surface area contributed by atoms with Crippen molar-refractivity contribution in [1.29, 1.82) is 0 Å². The van der Waals surface area contributed by atoms with E-state index >= 15 is 0 Å². The highest BCUT2D eigenvalue weighted by Crippen LogP contribution is 2.28. The molecule has 1 N–H and O–H groups in total. The van der Waals surface area contributed by atoms with Crippen molar-refractivity contribution in [3.63, 3.8) is 0 Å². The zero-order valence-corrected chi connectivity index (χ0v) is 8.69. The molecule has 15 heavy (non-hydrogen) atoms. The monoisotopic (exact) mass is 206 g/mol. The number of non-ortho nitro benzene ring substituents is 1. The molecule has 1 saturated heterocycles. The summed E-state index contributed by atoms with van der Waals surface area (Å²) in [4.78, 5) is 10.3. The maximum atomic E-state index is 10.7. The van der Waals surface area contributed by atoms with Gasteiger partial charge in [-0.25, -0.2) is 0 Å². The average molecular weight is 206 g/mol. The topological polar surface area (TPSA) is 55.2 Å². The van der Waals surface area contributed by atoms with E-state index in [1.807, 2.05) is 13.0 Å². The molecule has 0 amide bonds. The SMILES string of the molecule is Cc1ccc([N+](=O)[O-])cc1C1CCNC1. The van der Waals surface area contributed by atoms with E-state index in [2.05, 4.69) is 5.32 Å². The molecule has 4 heteroatoms. The molecule has 1 unspecified atom stereocenters. The molecule has 1 aliphatic rings. The summed E-state index contributed by atoms with van der Waals surface area (Å²) in [6.45, 7) is 3.95. The van der Waals surface area contributed by atoms with Gasteiger partial charge in [0.25, 0.3) is 5.69 Å². The van der Waals surface area contributed by atoms with Gasteiger partial charge in [0, 0.05) is 18.7 Å². The summed E-state index contributed by atoms with van der Waals surface area (Å²) < 4.78 is 0. The van der Waals surface area contributed by atoms with E-state index in [9.17, 15) is 10.1 Å². The Hall–Kier alpha value is -1.42. The van der Waals surface area contributed by atoms with Crippen molar-refractivity contribution < 1.29 is 4.92 Å². The molecular formula is C11H14N2O2. The zero-order chi connectivity index (χ0) is 10.8. The number of aryl methyl sites for hydroxylation is 1. The third-order valence-electron chi connectivity index (χ3n) is 2.97. The number of rotatable bonds is 2. The maximum Gasteiger partial charge on any atom is 0.269 e. The van der Waals surface area contributed by atoms with Gasteiger partial charge < -0.3 is 5.32 Å². The van der Waals surface area contributed by atoms with Crippen LogP contribution >= 0.6 is 0 Å². The molecule has 0 radical (unpaired) electrons. The van der Waals surface area contributed by atoms with Crippen molar-refractivity contribution >= 4 is 5.69 Å². The predicted molar refractivity (Wildman–Crippen MR) is 58.1 cm³/mol. The molecule has 80 valence electrons. The molecule has 1 atom stereocenters. The van der Waals surface area contributed by atoms with Crippen LogP contribution in [-0.4, -0.2) is 18.0 Å². The maximum absolute atomic E-state index is 10.7. The van der Waals surface area contributed by atoms with Gasteiger partial charge in [0.1, 0.15) is 0 Å². The first-order chi connectivity index (χ1) is 7.18. The standard InChI is InChI=1S/C11H14N2O2/c1-8-2-3-10(13(14)15)6-11(8)9-4-5-12-7-9/h2-3,6,9,12H,4-5,7H2,1H3. The van der Waals surface area contributed by atoms with Crippen molar-refractivity contribution in [3.05, 3.63) is 39.4 Å². The van der Waals surface area contributed by atoms with Gasteiger partial charge in [0.05, 0.1) is 4.92 Å². The van der Waals surface area contributed by atoms with Gasteiger partial charge in [-0.05, 0) is 36.9 Å². The van der Waals surface area contributed by atoms with Gasteiger partial charge in [-0.15, -0.1) is 0 Å². The molecule has 1 aromatic carbocycles. The van der Waals surface area contributed by atoms with Crippen LogP contribution in [0.4, 0.5) is 5.69 Å². The van der Waals surface area contributed by atoms with E-state index in [0.717, 1.165) is 30.6 Å². The van der Waals surface area contributed by atoms with Crippen LogP contribution in [0.15, 0.2) is 18.2 Å². The Morgan fingerprint density at radius 2 is 2.33 bits per heavy atom. The van der Waals surface area contributed by atoms with Crippen molar-refractivity contribution in [3.8, 4) is 0 Å². The third kappa shape index (κ3) is 1.99. The van der Waals surface area contributed by atoms with Gasteiger partial charge in [-0.2, -0.15) is 0 Å². The molecule has 2 rings (SSSR count).